The maximum Gasteiger partial charge on any atom is 0.239 e. The molecular formula is C7H12N2O2S. The lowest BCUT2D eigenvalue weighted by Gasteiger charge is -2.25. The SMILES string of the molecule is CC(N)CN1C(=O)CSCC1=O. The largest absolute Gasteiger partial charge is 0.326 e. The van der Waals surface area contributed by atoms with Crippen LogP contribution in [0.4, 0.5) is 0 Å². The normalized spacial score (nSPS) is 21.3. The third-order valence-corrected chi connectivity index (χ3v) is 2.43. The van der Waals surface area contributed by atoms with E-state index in [-0.39, 0.29) is 17.9 Å². The molecule has 68 valence electrons. The van der Waals surface area contributed by atoms with Crippen LogP contribution >= 0.6 is 11.8 Å². The molecule has 1 atom stereocenters. The molecule has 1 fully saturated rings. The zero-order valence-corrected chi connectivity index (χ0v) is 7.76. The highest BCUT2D eigenvalue weighted by molar-refractivity contribution is 8.00. The minimum absolute atomic E-state index is 0.117. The number of imide groups is 1. The van der Waals surface area contributed by atoms with Gasteiger partial charge in [-0.25, -0.2) is 0 Å². The van der Waals surface area contributed by atoms with Crippen LogP contribution in [0.25, 0.3) is 0 Å². The van der Waals surface area contributed by atoms with Crippen LogP contribution in [0, 0.1) is 0 Å². The summed E-state index contributed by atoms with van der Waals surface area (Å²) in [5.41, 5.74) is 5.49. The molecule has 0 aromatic rings. The number of hydrogen-bond donors (Lipinski definition) is 1. The van der Waals surface area contributed by atoms with Crippen LogP contribution < -0.4 is 5.73 Å². The quantitative estimate of drug-likeness (QED) is 0.590. The average molecular weight is 188 g/mol. The zero-order chi connectivity index (χ0) is 9.14. The average Bonchev–Trinajstić information content (AvgIpc) is 1.97. The van der Waals surface area contributed by atoms with Crippen molar-refractivity contribution in [1.29, 1.82) is 0 Å². The third-order valence-electron chi connectivity index (χ3n) is 1.52. The molecule has 1 aliphatic heterocycles. The van der Waals surface area contributed by atoms with Gasteiger partial charge in [0.05, 0.1) is 11.5 Å². The van der Waals surface area contributed by atoms with Crippen LogP contribution in [0.3, 0.4) is 0 Å². The number of thioether (sulfide) groups is 1. The van der Waals surface area contributed by atoms with Crippen LogP contribution in [0.1, 0.15) is 6.92 Å². The van der Waals surface area contributed by atoms with Gasteiger partial charge in [-0.05, 0) is 6.92 Å². The van der Waals surface area contributed by atoms with Gasteiger partial charge < -0.3 is 5.73 Å². The Hall–Kier alpha value is -0.550. The van der Waals surface area contributed by atoms with E-state index in [1.807, 2.05) is 0 Å². The topological polar surface area (TPSA) is 63.4 Å². The van der Waals surface area contributed by atoms with Gasteiger partial charge in [0.1, 0.15) is 0 Å². The standard InChI is InChI=1S/C7H12N2O2S/c1-5(8)2-9-6(10)3-12-4-7(9)11/h5H,2-4,8H2,1H3. The predicted molar refractivity (Wildman–Crippen MR) is 47.7 cm³/mol. The summed E-state index contributed by atoms with van der Waals surface area (Å²) in [7, 11) is 0. The predicted octanol–water partition coefficient (Wildman–Crippen LogP) is -0.564. The van der Waals surface area contributed by atoms with E-state index in [1.54, 1.807) is 6.92 Å². The molecule has 0 spiro atoms. The van der Waals surface area contributed by atoms with Crippen LogP contribution in [-0.2, 0) is 9.59 Å². The van der Waals surface area contributed by atoms with Crippen molar-refractivity contribution >= 4 is 23.6 Å². The first-order valence-electron chi connectivity index (χ1n) is 3.78. The van der Waals surface area contributed by atoms with Crippen molar-refractivity contribution < 1.29 is 9.59 Å². The summed E-state index contributed by atoms with van der Waals surface area (Å²) in [4.78, 5) is 23.6. The molecule has 0 aliphatic carbocycles. The first-order valence-corrected chi connectivity index (χ1v) is 4.93. The van der Waals surface area contributed by atoms with Crippen LogP contribution in [-0.4, -0.2) is 40.8 Å². The number of amides is 2. The van der Waals surface area contributed by atoms with E-state index < -0.39 is 0 Å². The van der Waals surface area contributed by atoms with E-state index in [4.69, 9.17) is 5.73 Å². The number of hydrogen-bond acceptors (Lipinski definition) is 4. The minimum atomic E-state index is -0.138. The van der Waals surface area contributed by atoms with Crippen LogP contribution in [0.5, 0.6) is 0 Å². The van der Waals surface area contributed by atoms with Gasteiger partial charge in [-0.15, -0.1) is 11.8 Å². The third kappa shape index (κ3) is 2.22. The number of nitrogens with zero attached hydrogens (tertiary/aromatic N) is 1. The lowest BCUT2D eigenvalue weighted by Crippen LogP contribution is -2.47. The van der Waals surface area contributed by atoms with Crippen molar-refractivity contribution in [2.45, 2.75) is 13.0 Å². The van der Waals surface area contributed by atoms with Gasteiger partial charge in [0.15, 0.2) is 0 Å². The smallest absolute Gasteiger partial charge is 0.239 e. The Labute approximate surface area is 75.5 Å². The van der Waals surface area contributed by atoms with Gasteiger partial charge in [0.25, 0.3) is 0 Å². The Kier molecular flexibility index (Phi) is 3.11. The molecule has 0 aromatic carbocycles. The molecule has 1 rings (SSSR count). The molecule has 5 heteroatoms. The molecule has 2 amide bonds. The van der Waals surface area contributed by atoms with E-state index in [1.165, 1.54) is 16.7 Å². The lowest BCUT2D eigenvalue weighted by molar-refractivity contribution is -0.142. The number of carbonyl (C=O) groups is 2. The highest BCUT2D eigenvalue weighted by atomic mass is 32.2. The van der Waals surface area contributed by atoms with Crippen LogP contribution in [0.15, 0.2) is 0 Å². The summed E-state index contributed by atoms with van der Waals surface area (Å²) in [6, 6.07) is -0.138. The van der Waals surface area contributed by atoms with Gasteiger partial charge in [-0.3, -0.25) is 14.5 Å². The summed E-state index contributed by atoms with van der Waals surface area (Å²) in [5, 5.41) is 0. The maximum absolute atomic E-state index is 11.2. The van der Waals surface area contributed by atoms with Gasteiger partial charge in [-0.1, -0.05) is 0 Å². The molecule has 0 radical (unpaired) electrons. The Balaban J connectivity index is 2.57. The lowest BCUT2D eigenvalue weighted by atomic mass is 10.3. The molecule has 4 nitrogen and oxygen atoms in total. The second-order valence-electron chi connectivity index (χ2n) is 2.87. The Morgan fingerprint density at radius 1 is 1.50 bits per heavy atom. The molecule has 0 bridgehead atoms. The van der Waals surface area contributed by atoms with Crippen molar-refractivity contribution in [3.8, 4) is 0 Å². The van der Waals surface area contributed by atoms with Crippen molar-refractivity contribution in [1.82, 2.24) is 4.90 Å². The fourth-order valence-corrected chi connectivity index (χ4v) is 1.78. The van der Waals surface area contributed by atoms with Gasteiger partial charge in [0, 0.05) is 12.6 Å². The van der Waals surface area contributed by atoms with Gasteiger partial charge in [-0.2, -0.15) is 0 Å². The van der Waals surface area contributed by atoms with E-state index in [2.05, 4.69) is 0 Å². The van der Waals surface area contributed by atoms with Crippen molar-refractivity contribution in [2.75, 3.05) is 18.1 Å². The fraction of sp³-hybridized carbons (Fsp3) is 0.714. The highest BCUT2D eigenvalue weighted by Crippen LogP contribution is 2.11. The minimum Gasteiger partial charge on any atom is -0.326 e. The summed E-state index contributed by atoms with van der Waals surface area (Å²) in [5.74, 6) is 0.568. The molecule has 1 unspecified atom stereocenters. The van der Waals surface area contributed by atoms with Crippen molar-refractivity contribution in [3.05, 3.63) is 0 Å². The molecule has 1 aliphatic rings. The van der Waals surface area contributed by atoms with E-state index in [0.29, 0.717) is 18.1 Å². The van der Waals surface area contributed by atoms with Gasteiger partial charge >= 0.3 is 0 Å². The monoisotopic (exact) mass is 188 g/mol. The van der Waals surface area contributed by atoms with Crippen molar-refractivity contribution in [2.24, 2.45) is 5.73 Å². The number of rotatable bonds is 2. The second kappa shape index (κ2) is 3.91. The first-order chi connectivity index (χ1) is 5.61. The zero-order valence-electron chi connectivity index (χ0n) is 6.95. The maximum atomic E-state index is 11.2. The summed E-state index contributed by atoms with van der Waals surface area (Å²) in [6.45, 7) is 2.13. The fourth-order valence-electron chi connectivity index (χ4n) is 1.01. The molecule has 12 heavy (non-hydrogen) atoms. The molecule has 2 N–H and O–H groups in total. The Bertz CT molecular complexity index is 190. The summed E-state index contributed by atoms with van der Waals surface area (Å²) >= 11 is 1.36. The molecular weight excluding hydrogens is 176 g/mol. The van der Waals surface area contributed by atoms with Crippen molar-refractivity contribution in [3.63, 3.8) is 0 Å². The summed E-state index contributed by atoms with van der Waals surface area (Å²) < 4.78 is 0. The summed E-state index contributed by atoms with van der Waals surface area (Å²) in [6.07, 6.45) is 0. The molecule has 1 heterocycles. The first kappa shape index (κ1) is 9.54. The Morgan fingerprint density at radius 3 is 2.42 bits per heavy atom. The highest BCUT2D eigenvalue weighted by Gasteiger charge is 2.26. The van der Waals surface area contributed by atoms with E-state index in [0.717, 1.165) is 0 Å². The van der Waals surface area contributed by atoms with Crippen LogP contribution in [0.2, 0.25) is 0 Å². The second-order valence-corrected chi connectivity index (χ2v) is 3.85. The molecule has 0 aromatic heterocycles. The van der Waals surface area contributed by atoms with E-state index >= 15 is 0 Å². The molecule has 1 saturated heterocycles. The van der Waals surface area contributed by atoms with Gasteiger partial charge in [0.2, 0.25) is 11.8 Å². The number of nitrogens with two attached hydrogens (primary N) is 1. The Morgan fingerprint density at radius 2 is 2.00 bits per heavy atom. The molecule has 0 saturated carbocycles. The number of carbonyl (C=O) groups excluding carboxylic acids is 2. The van der Waals surface area contributed by atoms with E-state index in [9.17, 15) is 9.59 Å².